The Kier molecular flexibility index (Phi) is 4.07. The summed E-state index contributed by atoms with van der Waals surface area (Å²) in [5, 5.41) is 8.97. The Labute approximate surface area is 112 Å². The minimum absolute atomic E-state index is 0.0320. The zero-order valence-corrected chi connectivity index (χ0v) is 11.2. The molecule has 6 heteroatoms. The second-order valence-electron chi connectivity index (χ2n) is 5.47. The van der Waals surface area contributed by atoms with Crippen molar-refractivity contribution >= 4 is 17.8 Å². The van der Waals surface area contributed by atoms with Gasteiger partial charge in [0.25, 0.3) is 0 Å². The first-order valence-corrected chi connectivity index (χ1v) is 6.75. The number of carboxylic acids is 1. The average molecular weight is 268 g/mol. The first-order valence-electron chi connectivity index (χ1n) is 6.75. The fourth-order valence-electron chi connectivity index (χ4n) is 3.01. The van der Waals surface area contributed by atoms with Crippen molar-refractivity contribution in [2.24, 2.45) is 5.92 Å². The van der Waals surface area contributed by atoms with Gasteiger partial charge in [-0.1, -0.05) is 12.8 Å². The van der Waals surface area contributed by atoms with Crippen molar-refractivity contribution in [3.8, 4) is 0 Å². The van der Waals surface area contributed by atoms with E-state index in [2.05, 4.69) is 0 Å². The summed E-state index contributed by atoms with van der Waals surface area (Å²) in [7, 11) is 1.67. The number of carboxylic acid groups (broad SMARTS) is 1. The Bertz CT molecular complexity index is 390. The maximum Gasteiger partial charge on any atom is 0.323 e. The molecule has 1 aliphatic heterocycles. The van der Waals surface area contributed by atoms with Gasteiger partial charge in [-0.3, -0.25) is 14.4 Å². The van der Waals surface area contributed by atoms with Crippen LogP contribution < -0.4 is 0 Å². The molecule has 1 heterocycles. The maximum atomic E-state index is 12.4. The number of nitrogens with zero attached hydrogens (tertiary/aromatic N) is 2. The van der Waals surface area contributed by atoms with E-state index in [4.69, 9.17) is 5.11 Å². The highest BCUT2D eigenvalue weighted by Gasteiger charge is 2.38. The molecule has 0 aromatic heterocycles. The molecule has 1 unspecified atom stereocenters. The summed E-state index contributed by atoms with van der Waals surface area (Å²) in [5.74, 6) is -1.58. The third kappa shape index (κ3) is 3.05. The predicted molar refractivity (Wildman–Crippen MR) is 67.3 cm³/mol. The molecule has 6 nitrogen and oxygen atoms in total. The summed E-state index contributed by atoms with van der Waals surface area (Å²) >= 11 is 0. The molecule has 19 heavy (non-hydrogen) atoms. The lowest BCUT2D eigenvalue weighted by atomic mass is 10.0. The molecule has 2 rings (SSSR count). The lowest BCUT2D eigenvalue weighted by Crippen LogP contribution is -2.45. The first-order chi connectivity index (χ1) is 8.99. The second kappa shape index (κ2) is 5.59. The Morgan fingerprint density at radius 1 is 1.37 bits per heavy atom. The summed E-state index contributed by atoms with van der Waals surface area (Å²) < 4.78 is 0. The Morgan fingerprint density at radius 3 is 2.47 bits per heavy atom. The molecule has 1 N–H and O–H groups in total. The molecule has 0 aromatic carbocycles. The second-order valence-corrected chi connectivity index (χ2v) is 5.47. The van der Waals surface area contributed by atoms with E-state index in [0.717, 1.165) is 25.7 Å². The molecule has 0 radical (unpaired) electrons. The van der Waals surface area contributed by atoms with Crippen LogP contribution in [0.5, 0.6) is 0 Å². The zero-order chi connectivity index (χ0) is 14.0. The molecule has 1 atom stereocenters. The van der Waals surface area contributed by atoms with Crippen molar-refractivity contribution in [1.29, 1.82) is 0 Å². The minimum Gasteiger partial charge on any atom is -0.480 e. The van der Waals surface area contributed by atoms with Gasteiger partial charge in [0.2, 0.25) is 11.8 Å². The van der Waals surface area contributed by atoms with E-state index in [9.17, 15) is 14.4 Å². The fourth-order valence-corrected chi connectivity index (χ4v) is 3.01. The van der Waals surface area contributed by atoms with Crippen molar-refractivity contribution in [1.82, 2.24) is 9.80 Å². The van der Waals surface area contributed by atoms with Gasteiger partial charge in [0.1, 0.15) is 6.54 Å². The van der Waals surface area contributed by atoms with Crippen LogP contribution in [-0.2, 0) is 14.4 Å². The molecule has 1 aliphatic carbocycles. The van der Waals surface area contributed by atoms with E-state index in [1.54, 1.807) is 7.05 Å². The minimum atomic E-state index is -0.988. The Hall–Kier alpha value is -1.59. The molecular weight excluding hydrogens is 248 g/mol. The molecule has 2 fully saturated rings. The number of hydrogen-bond donors (Lipinski definition) is 1. The van der Waals surface area contributed by atoms with Gasteiger partial charge in [0.15, 0.2) is 0 Å². The van der Waals surface area contributed by atoms with Gasteiger partial charge < -0.3 is 14.9 Å². The van der Waals surface area contributed by atoms with Crippen LogP contribution in [0.25, 0.3) is 0 Å². The van der Waals surface area contributed by atoms with Gasteiger partial charge in [0.05, 0.1) is 5.92 Å². The SMILES string of the molecule is CN1CC(C(=O)N(CC(=O)O)C2CCCC2)CC1=O. The Balaban J connectivity index is 2.06. The first kappa shape index (κ1) is 13.8. The summed E-state index contributed by atoms with van der Waals surface area (Å²) in [6.07, 6.45) is 4.03. The molecule has 0 aromatic rings. The largest absolute Gasteiger partial charge is 0.480 e. The van der Waals surface area contributed by atoms with Crippen LogP contribution in [0.1, 0.15) is 32.1 Å². The van der Waals surface area contributed by atoms with Gasteiger partial charge in [-0.15, -0.1) is 0 Å². The van der Waals surface area contributed by atoms with Crippen LogP contribution in [0.3, 0.4) is 0 Å². The summed E-state index contributed by atoms with van der Waals surface area (Å²) in [6, 6.07) is 0.0320. The van der Waals surface area contributed by atoms with Gasteiger partial charge in [-0.25, -0.2) is 0 Å². The highest BCUT2D eigenvalue weighted by molar-refractivity contribution is 5.90. The number of carbonyl (C=O) groups excluding carboxylic acids is 2. The average Bonchev–Trinajstić information content (AvgIpc) is 2.96. The highest BCUT2D eigenvalue weighted by atomic mass is 16.4. The maximum absolute atomic E-state index is 12.4. The van der Waals surface area contributed by atoms with E-state index in [1.807, 2.05) is 0 Å². The van der Waals surface area contributed by atoms with Crippen LogP contribution in [0.4, 0.5) is 0 Å². The third-order valence-corrected chi connectivity index (χ3v) is 4.04. The topological polar surface area (TPSA) is 77.9 Å². The highest BCUT2D eigenvalue weighted by Crippen LogP contribution is 2.27. The standard InChI is InChI=1S/C13H20N2O4/c1-14-7-9(6-11(14)16)13(19)15(8-12(17)18)10-4-2-3-5-10/h9-10H,2-8H2,1H3,(H,17,18). The van der Waals surface area contributed by atoms with E-state index < -0.39 is 5.97 Å². The van der Waals surface area contributed by atoms with Crippen molar-refractivity contribution in [2.45, 2.75) is 38.1 Å². The number of carbonyl (C=O) groups is 3. The van der Waals surface area contributed by atoms with E-state index in [-0.39, 0.29) is 36.7 Å². The normalized spacial score (nSPS) is 23.9. The quantitative estimate of drug-likeness (QED) is 0.796. The van der Waals surface area contributed by atoms with Crippen LogP contribution in [0.2, 0.25) is 0 Å². The zero-order valence-electron chi connectivity index (χ0n) is 11.2. The summed E-state index contributed by atoms with van der Waals surface area (Å²) in [4.78, 5) is 37.9. The molecule has 1 saturated carbocycles. The number of rotatable bonds is 4. The summed E-state index contributed by atoms with van der Waals surface area (Å²) in [5.41, 5.74) is 0. The van der Waals surface area contributed by atoms with Gasteiger partial charge in [0, 0.05) is 26.1 Å². The van der Waals surface area contributed by atoms with Crippen LogP contribution in [0.15, 0.2) is 0 Å². The smallest absolute Gasteiger partial charge is 0.323 e. The molecule has 0 bridgehead atoms. The number of likely N-dealkylation sites (tertiary alicyclic amines) is 1. The molecule has 2 amide bonds. The Morgan fingerprint density at radius 2 is 2.00 bits per heavy atom. The molecule has 106 valence electrons. The van der Waals surface area contributed by atoms with Crippen LogP contribution in [-0.4, -0.2) is 58.9 Å². The van der Waals surface area contributed by atoms with Crippen molar-refractivity contribution in [2.75, 3.05) is 20.1 Å². The van der Waals surface area contributed by atoms with Gasteiger partial charge in [-0.05, 0) is 12.8 Å². The molecule has 1 saturated heterocycles. The van der Waals surface area contributed by atoms with Crippen molar-refractivity contribution in [3.05, 3.63) is 0 Å². The fraction of sp³-hybridized carbons (Fsp3) is 0.769. The lowest BCUT2D eigenvalue weighted by molar-refractivity contribution is -0.148. The van der Waals surface area contributed by atoms with Crippen LogP contribution >= 0.6 is 0 Å². The number of aliphatic carboxylic acids is 1. The number of hydrogen-bond acceptors (Lipinski definition) is 3. The van der Waals surface area contributed by atoms with Crippen molar-refractivity contribution < 1.29 is 19.5 Å². The van der Waals surface area contributed by atoms with E-state index >= 15 is 0 Å². The van der Waals surface area contributed by atoms with Gasteiger partial charge in [-0.2, -0.15) is 0 Å². The van der Waals surface area contributed by atoms with E-state index in [1.165, 1.54) is 9.80 Å². The monoisotopic (exact) mass is 268 g/mol. The molecule has 0 spiro atoms. The summed E-state index contributed by atoms with van der Waals surface area (Å²) in [6.45, 7) is 0.151. The molecule has 2 aliphatic rings. The van der Waals surface area contributed by atoms with Crippen LogP contribution in [0, 0.1) is 5.92 Å². The third-order valence-electron chi connectivity index (χ3n) is 4.04. The predicted octanol–water partition coefficient (Wildman–Crippen LogP) is 0.320. The van der Waals surface area contributed by atoms with Gasteiger partial charge >= 0.3 is 5.97 Å². The molecular formula is C13H20N2O4. The van der Waals surface area contributed by atoms with Crippen molar-refractivity contribution in [3.63, 3.8) is 0 Å². The van der Waals surface area contributed by atoms with E-state index in [0.29, 0.717) is 6.54 Å². The number of amides is 2. The lowest BCUT2D eigenvalue weighted by Gasteiger charge is -2.29.